The maximum Gasteiger partial charge on any atom is 0.235 e. The molecule has 82 valence electrons. The lowest BCUT2D eigenvalue weighted by molar-refractivity contribution is 0.600. The number of benzene rings is 1. The molecule has 0 unspecified atom stereocenters. The minimum atomic E-state index is -3.25. The third kappa shape index (κ3) is 2.35. The average Bonchev–Trinajstić information content (AvgIpc) is 2.92. The van der Waals surface area contributed by atoms with Gasteiger partial charge < -0.3 is 5.73 Å². The predicted octanol–water partition coefficient (Wildman–Crippen LogP) is 1.83. The summed E-state index contributed by atoms with van der Waals surface area (Å²) >= 11 is 5.71. The molecule has 1 fully saturated rings. The van der Waals surface area contributed by atoms with Gasteiger partial charge in [0.25, 0.3) is 0 Å². The van der Waals surface area contributed by atoms with Crippen molar-refractivity contribution in [2.45, 2.75) is 18.1 Å². The van der Waals surface area contributed by atoms with Gasteiger partial charge in [0.15, 0.2) is 0 Å². The van der Waals surface area contributed by atoms with E-state index in [2.05, 4.69) is 4.72 Å². The molecule has 0 bridgehead atoms. The van der Waals surface area contributed by atoms with E-state index in [0.29, 0.717) is 16.4 Å². The van der Waals surface area contributed by atoms with Gasteiger partial charge in [-0.15, -0.1) is 0 Å². The van der Waals surface area contributed by atoms with E-state index < -0.39 is 10.0 Å². The molecule has 15 heavy (non-hydrogen) atoms. The lowest BCUT2D eigenvalue weighted by Crippen LogP contribution is -2.18. The average molecular weight is 247 g/mol. The monoisotopic (exact) mass is 246 g/mol. The zero-order chi connectivity index (χ0) is 11.1. The Morgan fingerprint density at radius 2 is 2.07 bits per heavy atom. The van der Waals surface area contributed by atoms with Crippen molar-refractivity contribution in [3.63, 3.8) is 0 Å². The molecule has 4 nitrogen and oxygen atoms in total. The van der Waals surface area contributed by atoms with E-state index in [1.54, 1.807) is 12.1 Å². The maximum atomic E-state index is 11.6. The van der Waals surface area contributed by atoms with E-state index in [-0.39, 0.29) is 5.25 Å². The van der Waals surface area contributed by atoms with Gasteiger partial charge in [0.05, 0.1) is 16.6 Å². The van der Waals surface area contributed by atoms with Crippen LogP contribution < -0.4 is 10.5 Å². The van der Waals surface area contributed by atoms with Gasteiger partial charge in [-0.1, -0.05) is 11.6 Å². The molecule has 3 N–H and O–H groups in total. The van der Waals surface area contributed by atoms with Crippen LogP contribution in [0, 0.1) is 0 Å². The van der Waals surface area contributed by atoms with E-state index in [0.717, 1.165) is 12.8 Å². The largest absolute Gasteiger partial charge is 0.397 e. The van der Waals surface area contributed by atoms with Crippen molar-refractivity contribution in [2.75, 3.05) is 10.5 Å². The molecule has 0 spiro atoms. The fraction of sp³-hybridized carbons (Fsp3) is 0.333. The molecule has 1 aliphatic rings. The van der Waals surface area contributed by atoms with E-state index in [9.17, 15) is 8.42 Å². The Bertz CT molecular complexity index is 483. The van der Waals surface area contributed by atoms with E-state index in [4.69, 9.17) is 17.3 Å². The third-order valence-electron chi connectivity index (χ3n) is 2.23. The molecule has 0 atom stereocenters. The van der Waals surface area contributed by atoms with Gasteiger partial charge in [-0.05, 0) is 31.0 Å². The molecule has 2 rings (SSSR count). The third-order valence-corrected chi connectivity index (χ3v) is 4.32. The Hall–Kier alpha value is -0.940. The van der Waals surface area contributed by atoms with Crippen LogP contribution in [-0.4, -0.2) is 13.7 Å². The first kappa shape index (κ1) is 10.6. The lowest BCUT2D eigenvalue weighted by Gasteiger charge is -2.09. The highest BCUT2D eigenvalue weighted by molar-refractivity contribution is 7.93. The lowest BCUT2D eigenvalue weighted by atomic mass is 10.3. The van der Waals surface area contributed by atoms with Crippen LogP contribution in [0.3, 0.4) is 0 Å². The van der Waals surface area contributed by atoms with Crippen LogP contribution in [0.15, 0.2) is 18.2 Å². The summed E-state index contributed by atoms with van der Waals surface area (Å²) in [5.41, 5.74) is 6.37. The highest BCUT2D eigenvalue weighted by Gasteiger charge is 2.35. The van der Waals surface area contributed by atoms with E-state index in [1.807, 2.05) is 0 Å². The first-order chi connectivity index (χ1) is 6.99. The molecule has 0 heterocycles. The number of nitrogens with two attached hydrogens (primary N) is 1. The molecule has 6 heteroatoms. The fourth-order valence-electron chi connectivity index (χ4n) is 1.24. The molecule has 0 saturated heterocycles. The molecule has 1 aromatic carbocycles. The van der Waals surface area contributed by atoms with Crippen molar-refractivity contribution < 1.29 is 8.42 Å². The molecular weight excluding hydrogens is 236 g/mol. The van der Waals surface area contributed by atoms with Gasteiger partial charge in [-0.3, -0.25) is 4.72 Å². The quantitative estimate of drug-likeness (QED) is 0.800. The number of hydrogen-bond acceptors (Lipinski definition) is 3. The summed E-state index contributed by atoms with van der Waals surface area (Å²) in [5.74, 6) is 0. The summed E-state index contributed by atoms with van der Waals surface area (Å²) in [6.45, 7) is 0. The molecule has 1 aliphatic carbocycles. The second kappa shape index (κ2) is 3.57. The second-order valence-electron chi connectivity index (χ2n) is 3.58. The number of halogens is 1. The van der Waals surface area contributed by atoms with Crippen LogP contribution in [0.5, 0.6) is 0 Å². The molecule has 0 radical (unpaired) electrons. The molecule has 0 aliphatic heterocycles. The number of anilines is 2. The van der Waals surface area contributed by atoms with Crippen LogP contribution in [0.25, 0.3) is 0 Å². The predicted molar refractivity (Wildman–Crippen MR) is 61.4 cm³/mol. The Labute approximate surface area is 93.5 Å². The second-order valence-corrected chi connectivity index (χ2v) is 5.98. The summed E-state index contributed by atoms with van der Waals surface area (Å²) in [7, 11) is -3.25. The van der Waals surface area contributed by atoms with Gasteiger partial charge in [-0.25, -0.2) is 8.42 Å². The van der Waals surface area contributed by atoms with Crippen molar-refractivity contribution in [1.82, 2.24) is 0 Å². The van der Waals surface area contributed by atoms with Crippen LogP contribution in [0.4, 0.5) is 11.4 Å². The zero-order valence-corrected chi connectivity index (χ0v) is 9.48. The van der Waals surface area contributed by atoms with E-state index >= 15 is 0 Å². The normalized spacial score (nSPS) is 16.3. The van der Waals surface area contributed by atoms with Crippen LogP contribution in [-0.2, 0) is 10.0 Å². The van der Waals surface area contributed by atoms with Crippen molar-refractivity contribution in [3.05, 3.63) is 23.2 Å². The summed E-state index contributed by atoms with van der Waals surface area (Å²) in [6, 6.07) is 4.69. The first-order valence-corrected chi connectivity index (χ1v) is 6.48. The molecular formula is C9H11ClN2O2S. The van der Waals surface area contributed by atoms with Crippen molar-refractivity contribution >= 4 is 33.0 Å². The number of nitrogens with one attached hydrogen (secondary N) is 1. The number of hydrogen-bond donors (Lipinski definition) is 2. The molecule has 0 aromatic heterocycles. The number of rotatable bonds is 3. The highest BCUT2D eigenvalue weighted by Crippen LogP contribution is 2.31. The maximum absolute atomic E-state index is 11.6. The zero-order valence-electron chi connectivity index (χ0n) is 7.90. The SMILES string of the molecule is Nc1cc(Cl)ccc1NS(=O)(=O)C1CC1. The topological polar surface area (TPSA) is 72.2 Å². The highest BCUT2D eigenvalue weighted by atomic mass is 35.5. The minimum absolute atomic E-state index is 0.257. The van der Waals surface area contributed by atoms with Crippen molar-refractivity contribution in [1.29, 1.82) is 0 Å². The summed E-state index contributed by atoms with van der Waals surface area (Å²) in [4.78, 5) is 0. The summed E-state index contributed by atoms with van der Waals surface area (Å²) < 4.78 is 25.7. The Morgan fingerprint density at radius 1 is 1.40 bits per heavy atom. The molecule has 1 saturated carbocycles. The number of sulfonamides is 1. The van der Waals surface area contributed by atoms with Crippen LogP contribution in [0.1, 0.15) is 12.8 Å². The molecule has 1 aromatic rings. The molecule has 0 amide bonds. The van der Waals surface area contributed by atoms with Gasteiger partial charge in [0.1, 0.15) is 0 Å². The minimum Gasteiger partial charge on any atom is -0.397 e. The van der Waals surface area contributed by atoms with Gasteiger partial charge in [-0.2, -0.15) is 0 Å². The Morgan fingerprint density at radius 3 is 2.60 bits per heavy atom. The van der Waals surface area contributed by atoms with Crippen molar-refractivity contribution in [2.24, 2.45) is 0 Å². The first-order valence-electron chi connectivity index (χ1n) is 4.56. The smallest absolute Gasteiger partial charge is 0.235 e. The Balaban J connectivity index is 2.24. The van der Waals surface area contributed by atoms with Crippen molar-refractivity contribution in [3.8, 4) is 0 Å². The summed E-state index contributed by atoms with van der Waals surface area (Å²) in [5, 5.41) is 0.231. The number of nitrogen functional groups attached to an aromatic ring is 1. The fourth-order valence-corrected chi connectivity index (χ4v) is 2.84. The van der Waals surface area contributed by atoms with Crippen LogP contribution in [0.2, 0.25) is 5.02 Å². The van der Waals surface area contributed by atoms with Gasteiger partial charge in [0.2, 0.25) is 10.0 Å². The van der Waals surface area contributed by atoms with E-state index in [1.165, 1.54) is 6.07 Å². The van der Waals surface area contributed by atoms with Gasteiger partial charge in [0, 0.05) is 5.02 Å². The van der Waals surface area contributed by atoms with Crippen LogP contribution >= 0.6 is 11.6 Å². The van der Waals surface area contributed by atoms with Gasteiger partial charge >= 0.3 is 0 Å². The summed E-state index contributed by atoms with van der Waals surface area (Å²) in [6.07, 6.45) is 1.45. The Kier molecular flexibility index (Phi) is 2.52. The standard InChI is InChI=1S/C9H11ClN2O2S/c10-6-1-4-9(8(11)5-6)12-15(13,14)7-2-3-7/h1,4-5,7,12H,2-3,11H2.